The molecule has 110 valence electrons. The molecule has 0 radical (unpaired) electrons. The third-order valence-electron chi connectivity index (χ3n) is 3.27. The molecule has 1 atom stereocenters. The van der Waals surface area contributed by atoms with E-state index in [1.54, 1.807) is 13.0 Å². The van der Waals surface area contributed by atoms with Crippen LogP contribution in [0.15, 0.2) is 12.3 Å². The Morgan fingerprint density at radius 3 is 3.25 bits per heavy atom. The molecule has 0 amide bonds. The van der Waals surface area contributed by atoms with Crippen molar-refractivity contribution in [3.63, 3.8) is 0 Å². The summed E-state index contributed by atoms with van der Waals surface area (Å²) in [6.45, 7) is 4.04. The highest BCUT2D eigenvalue weighted by molar-refractivity contribution is 6.29. The molecule has 2 heterocycles. The van der Waals surface area contributed by atoms with Crippen LogP contribution in [0.2, 0.25) is 5.15 Å². The Hall–Kier alpha value is -1.33. The Balaban J connectivity index is 2.15. The van der Waals surface area contributed by atoms with Crippen molar-refractivity contribution in [3.8, 4) is 0 Å². The molecule has 1 aliphatic heterocycles. The largest absolute Gasteiger partial charge is 0.462 e. The van der Waals surface area contributed by atoms with Crippen LogP contribution in [0.1, 0.15) is 36.5 Å². The number of nitrogens with zero attached hydrogens (tertiary/aromatic N) is 1. The van der Waals surface area contributed by atoms with Gasteiger partial charge in [-0.1, -0.05) is 18.0 Å². The molecular formula is C14H20ClN3O2. The monoisotopic (exact) mass is 297 g/mol. The van der Waals surface area contributed by atoms with E-state index < -0.39 is 0 Å². The first-order valence-electron chi connectivity index (χ1n) is 7.00. The normalized spacial score (nSPS) is 19.2. The highest BCUT2D eigenvalue weighted by atomic mass is 35.5. The number of aromatic nitrogens is 1. The van der Waals surface area contributed by atoms with Crippen LogP contribution in [0.25, 0.3) is 0 Å². The average Bonchev–Trinajstić information content (AvgIpc) is 2.68. The lowest BCUT2D eigenvalue weighted by Crippen LogP contribution is -2.31. The first-order chi connectivity index (χ1) is 9.70. The molecule has 20 heavy (non-hydrogen) atoms. The number of nitrogens with one attached hydrogen (secondary N) is 2. The summed E-state index contributed by atoms with van der Waals surface area (Å²) >= 11 is 5.93. The van der Waals surface area contributed by atoms with Gasteiger partial charge < -0.3 is 15.4 Å². The summed E-state index contributed by atoms with van der Waals surface area (Å²) in [5.74, 6) is -0.374. The van der Waals surface area contributed by atoms with Crippen LogP contribution in [-0.4, -0.2) is 36.7 Å². The summed E-state index contributed by atoms with van der Waals surface area (Å²) in [5.41, 5.74) is 1.12. The third-order valence-corrected chi connectivity index (χ3v) is 3.48. The van der Waals surface area contributed by atoms with E-state index in [1.165, 1.54) is 12.6 Å². The number of hydrogen-bond donors (Lipinski definition) is 2. The average molecular weight is 298 g/mol. The number of anilines is 1. The van der Waals surface area contributed by atoms with Gasteiger partial charge in [-0.3, -0.25) is 0 Å². The first kappa shape index (κ1) is 15.1. The number of ether oxygens (including phenoxy) is 1. The highest BCUT2D eigenvalue weighted by Gasteiger charge is 2.18. The molecule has 1 aromatic rings. The van der Waals surface area contributed by atoms with Gasteiger partial charge in [0.15, 0.2) is 0 Å². The Morgan fingerprint density at radius 1 is 1.60 bits per heavy atom. The zero-order valence-electron chi connectivity index (χ0n) is 11.6. The van der Waals surface area contributed by atoms with Gasteiger partial charge in [0.1, 0.15) is 10.7 Å². The number of carbonyl (C=O) groups excluding carboxylic acids is 1. The molecule has 0 spiro atoms. The van der Waals surface area contributed by atoms with E-state index in [0.29, 0.717) is 23.0 Å². The van der Waals surface area contributed by atoms with Gasteiger partial charge in [0, 0.05) is 18.8 Å². The van der Waals surface area contributed by atoms with Crippen molar-refractivity contribution in [2.24, 2.45) is 0 Å². The standard InChI is InChI=1S/C14H20ClN3O2/c1-2-20-14(19)11-9-17-13(15)7-12(11)18-10-5-3-4-6-16-8-10/h7,9-10,16H,2-6,8H2,1H3,(H,17,18). The van der Waals surface area contributed by atoms with Crippen LogP contribution in [0.5, 0.6) is 0 Å². The quantitative estimate of drug-likeness (QED) is 0.660. The van der Waals surface area contributed by atoms with Gasteiger partial charge in [-0.25, -0.2) is 9.78 Å². The van der Waals surface area contributed by atoms with Crippen molar-refractivity contribution in [1.82, 2.24) is 10.3 Å². The minimum absolute atomic E-state index is 0.282. The molecule has 1 aliphatic rings. The summed E-state index contributed by atoms with van der Waals surface area (Å²) in [6, 6.07) is 1.96. The fourth-order valence-electron chi connectivity index (χ4n) is 2.28. The van der Waals surface area contributed by atoms with Crippen molar-refractivity contribution in [2.45, 2.75) is 32.2 Å². The maximum atomic E-state index is 11.9. The van der Waals surface area contributed by atoms with Crippen LogP contribution >= 0.6 is 11.6 Å². The smallest absolute Gasteiger partial charge is 0.341 e. The van der Waals surface area contributed by atoms with Gasteiger partial charge in [-0.2, -0.15) is 0 Å². The first-order valence-corrected chi connectivity index (χ1v) is 7.38. The number of hydrogen-bond acceptors (Lipinski definition) is 5. The van der Waals surface area contributed by atoms with Crippen molar-refractivity contribution in [1.29, 1.82) is 0 Å². The number of carbonyl (C=O) groups is 1. The number of esters is 1. The lowest BCUT2D eigenvalue weighted by molar-refractivity contribution is 0.0527. The fourth-order valence-corrected chi connectivity index (χ4v) is 2.44. The van der Waals surface area contributed by atoms with Crippen molar-refractivity contribution >= 4 is 23.3 Å². The topological polar surface area (TPSA) is 63.2 Å². The number of pyridine rings is 1. The highest BCUT2D eigenvalue weighted by Crippen LogP contribution is 2.22. The van der Waals surface area contributed by atoms with E-state index in [0.717, 1.165) is 25.9 Å². The molecular weight excluding hydrogens is 278 g/mol. The maximum Gasteiger partial charge on any atom is 0.341 e. The molecule has 1 aromatic heterocycles. The Labute approximate surface area is 124 Å². The van der Waals surface area contributed by atoms with Gasteiger partial charge in [-0.15, -0.1) is 0 Å². The molecule has 0 saturated carbocycles. The van der Waals surface area contributed by atoms with Gasteiger partial charge in [0.2, 0.25) is 0 Å². The molecule has 1 saturated heterocycles. The lowest BCUT2D eigenvalue weighted by Gasteiger charge is -2.19. The second-order valence-corrected chi connectivity index (χ2v) is 5.20. The molecule has 6 heteroatoms. The summed E-state index contributed by atoms with van der Waals surface area (Å²) < 4.78 is 5.04. The minimum atomic E-state index is -0.374. The summed E-state index contributed by atoms with van der Waals surface area (Å²) in [4.78, 5) is 15.9. The van der Waals surface area contributed by atoms with Gasteiger partial charge in [-0.05, 0) is 32.4 Å². The van der Waals surface area contributed by atoms with Gasteiger partial charge in [0.25, 0.3) is 0 Å². The lowest BCUT2D eigenvalue weighted by atomic mass is 10.1. The van der Waals surface area contributed by atoms with Crippen LogP contribution < -0.4 is 10.6 Å². The second-order valence-electron chi connectivity index (χ2n) is 4.81. The Kier molecular flexibility index (Phi) is 5.61. The third kappa shape index (κ3) is 4.08. The molecule has 0 aliphatic carbocycles. The van der Waals surface area contributed by atoms with Crippen LogP contribution in [0.4, 0.5) is 5.69 Å². The molecule has 0 bridgehead atoms. The summed E-state index contributed by atoms with van der Waals surface area (Å²) in [6.07, 6.45) is 4.88. The zero-order valence-corrected chi connectivity index (χ0v) is 12.4. The molecule has 2 rings (SSSR count). The molecule has 1 unspecified atom stereocenters. The van der Waals surface area contributed by atoms with E-state index >= 15 is 0 Å². The zero-order chi connectivity index (χ0) is 14.4. The van der Waals surface area contributed by atoms with E-state index in [9.17, 15) is 4.79 Å². The predicted octanol–water partition coefficient (Wildman–Crippen LogP) is 2.47. The van der Waals surface area contributed by atoms with Crippen LogP contribution in [0.3, 0.4) is 0 Å². The Morgan fingerprint density at radius 2 is 2.45 bits per heavy atom. The maximum absolute atomic E-state index is 11.9. The second kappa shape index (κ2) is 7.45. The van der Waals surface area contributed by atoms with Crippen molar-refractivity contribution < 1.29 is 9.53 Å². The van der Waals surface area contributed by atoms with Gasteiger partial charge >= 0.3 is 5.97 Å². The van der Waals surface area contributed by atoms with Gasteiger partial charge in [0.05, 0.1) is 12.3 Å². The predicted molar refractivity (Wildman–Crippen MR) is 79.3 cm³/mol. The molecule has 1 fully saturated rings. The van der Waals surface area contributed by atoms with Crippen LogP contribution in [-0.2, 0) is 4.74 Å². The summed E-state index contributed by atoms with van der Waals surface area (Å²) in [7, 11) is 0. The minimum Gasteiger partial charge on any atom is -0.462 e. The van der Waals surface area contributed by atoms with E-state index in [2.05, 4.69) is 15.6 Å². The molecule has 2 N–H and O–H groups in total. The van der Waals surface area contributed by atoms with E-state index in [4.69, 9.17) is 16.3 Å². The van der Waals surface area contributed by atoms with E-state index in [1.807, 2.05) is 0 Å². The van der Waals surface area contributed by atoms with Crippen molar-refractivity contribution in [3.05, 3.63) is 23.0 Å². The van der Waals surface area contributed by atoms with E-state index in [-0.39, 0.29) is 12.0 Å². The van der Waals surface area contributed by atoms with Crippen LogP contribution in [0, 0.1) is 0 Å². The SMILES string of the molecule is CCOC(=O)c1cnc(Cl)cc1NC1CCCCNC1. The summed E-state index contributed by atoms with van der Waals surface area (Å²) in [5, 5.41) is 7.12. The van der Waals surface area contributed by atoms with Crippen molar-refractivity contribution in [2.75, 3.05) is 25.0 Å². The molecule has 5 nitrogen and oxygen atoms in total. The fraction of sp³-hybridized carbons (Fsp3) is 0.571. The number of halogens is 1. The molecule has 0 aromatic carbocycles. The number of rotatable bonds is 4. The Bertz CT molecular complexity index is 460.